The van der Waals surface area contributed by atoms with E-state index in [2.05, 4.69) is 11.9 Å². The fourth-order valence-electron chi connectivity index (χ4n) is 1.51. The molecule has 82 valence electrons. The normalized spacial score (nSPS) is 18.0. The van der Waals surface area contributed by atoms with Gasteiger partial charge < -0.3 is 4.74 Å². The number of carbonyl (C=O) groups excluding carboxylic acids is 1. The average molecular weight is 220 g/mol. The van der Waals surface area contributed by atoms with Gasteiger partial charge in [0.25, 0.3) is 5.69 Å². The van der Waals surface area contributed by atoms with Crippen LogP contribution in [-0.2, 0) is 4.74 Å². The van der Waals surface area contributed by atoms with Crippen LogP contribution in [0.15, 0.2) is 30.9 Å². The number of non-ortho nitro benzene ring substituents is 1. The summed E-state index contributed by atoms with van der Waals surface area (Å²) in [5, 5.41) is 13.1. The molecule has 1 aliphatic rings. The summed E-state index contributed by atoms with van der Waals surface area (Å²) in [7, 11) is 0. The van der Waals surface area contributed by atoms with Crippen LogP contribution in [0.1, 0.15) is 11.7 Å². The number of ether oxygens (including phenoxy) is 1. The predicted molar refractivity (Wildman–Crippen MR) is 56.1 cm³/mol. The Morgan fingerprint density at radius 3 is 2.94 bits per heavy atom. The number of nitro benzene ring substituents is 1. The first-order valence-electron chi connectivity index (χ1n) is 4.50. The number of anilines is 1. The maximum absolute atomic E-state index is 11.1. The molecule has 1 aliphatic heterocycles. The van der Waals surface area contributed by atoms with Gasteiger partial charge in [0, 0.05) is 17.7 Å². The Morgan fingerprint density at radius 2 is 2.31 bits per heavy atom. The summed E-state index contributed by atoms with van der Waals surface area (Å²) < 4.78 is 4.91. The molecule has 0 saturated heterocycles. The zero-order valence-electron chi connectivity index (χ0n) is 8.17. The highest BCUT2D eigenvalue weighted by Crippen LogP contribution is 2.33. The van der Waals surface area contributed by atoms with E-state index in [4.69, 9.17) is 4.74 Å². The number of nitro groups is 1. The van der Waals surface area contributed by atoms with E-state index in [0.29, 0.717) is 11.3 Å². The second-order valence-corrected chi connectivity index (χ2v) is 3.22. The fourth-order valence-corrected chi connectivity index (χ4v) is 1.51. The number of cyclic esters (lactones) is 1. The summed E-state index contributed by atoms with van der Waals surface area (Å²) in [6.07, 6.45) is 0.177. The summed E-state index contributed by atoms with van der Waals surface area (Å²) in [6, 6.07) is 4.16. The van der Waals surface area contributed by atoms with E-state index in [1.807, 2.05) is 0 Å². The Morgan fingerprint density at radius 1 is 1.56 bits per heavy atom. The third-order valence-electron chi connectivity index (χ3n) is 2.24. The number of hydrogen-bond donors (Lipinski definition) is 1. The Hall–Kier alpha value is -2.37. The molecule has 0 bridgehead atoms. The van der Waals surface area contributed by atoms with Crippen molar-refractivity contribution < 1.29 is 14.5 Å². The van der Waals surface area contributed by atoms with Crippen molar-refractivity contribution in [3.8, 4) is 0 Å². The molecular weight excluding hydrogens is 212 g/mol. The minimum absolute atomic E-state index is 0.0506. The van der Waals surface area contributed by atoms with Gasteiger partial charge in [-0.3, -0.25) is 15.4 Å². The summed E-state index contributed by atoms with van der Waals surface area (Å²) in [6.45, 7) is 3.52. The van der Waals surface area contributed by atoms with Gasteiger partial charge in [0.1, 0.15) is 6.10 Å². The molecule has 0 spiro atoms. The van der Waals surface area contributed by atoms with Crippen molar-refractivity contribution in [2.75, 3.05) is 5.32 Å². The number of amides is 1. The summed E-state index contributed by atoms with van der Waals surface area (Å²) in [4.78, 5) is 21.2. The van der Waals surface area contributed by atoms with Gasteiger partial charge >= 0.3 is 6.09 Å². The first kappa shape index (κ1) is 10.2. The number of benzene rings is 1. The van der Waals surface area contributed by atoms with Gasteiger partial charge in [-0.05, 0) is 12.1 Å². The predicted octanol–water partition coefficient (Wildman–Crippen LogP) is 2.38. The molecule has 2 rings (SSSR count). The lowest BCUT2D eigenvalue weighted by molar-refractivity contribution is -0.384. The first-order chi connectivity index (χ1) is 7.61. The summed E-state index contributed by atoms with van der Waals surface area (Å²) in [5.74, 6) is 0. The third kappa shape index (κ3) is 1.60. The molecule has 0 aromatic heterocycles. The van der Waals surface area contributed by atoms with Crippen molar-refractivity contribution in [1.82, 2.24) is 0 Å². The molecule has 1 heterocycles. The van der Waals surface area contributed by atoms with Crippen molar-refractivity contribution in [1.29, 1.82) is 0 Å². The molecule has 1 N–H and O–H groups in total. The van der Waals surface area contributed by atoms with Crippen molar-refractivity contribution in [2.24, 2.45) is 0 Å². The molecule has 1 aromatic rings. The topological polar surface area (TPSA) is 81.5 Å². The highest BCUT2D eigenvalue weighted by atomic mass is 16.6. The van der Waals surface area contributed by atoms with Crippen LogP contribution in [0.5, 0.6) is 0 Å². The Labute approximate surface area is 90.7 Å². The molecular formula is C10H8N2O4. The van der Waals surface area contributed by atoms with Gasteiger partial charge in [0.2, 0.25) is 0 Å². The lowest BCUT2D eigenvalue weighted by Gasteiger charge is -2.23. The smallest absolute Gasteiger partial charge is 0.412 e. The Balaban J connectivity index is 2.51. The molecule has 6 heteroatoms. The van der Waals surface area contributed by atoms with Crippen LogP contribution in [0.25, 0.3) is 0 Å². The van der Waals surface area contributed by atoms with E-state index in [-0.39, 0.29) is 5.69 Å². The average Bonchev–Trinajstić information content (AvgIpc) is 2.27. The molecule has 1 unspecified atom stereocenters. The van der Waals surface area contributed by atoms with Gasteiger partial charge in [-0.2, -0.15) is 0 Å². The van der Waals surface area contributed by atoms with Crippen LogP contribution < -0.4 is 5.32 Å². The van der Waals surface area contributed by atoms with E-state index in [1.165, 1.54) is 24.3 Å². The zero-order valence-corrected chi connectivity index (χ0v) is 8.17. The minimum atomic E-state index is -0.649. The molecule has 16 heavy (non-hydrogen) atoms. The summed E-state index contributed by atoms with van der Waals surface area (Å²) >= 11 is 0. The van der Waals surface area contributed by atoms with Gasteiger partial charge in [-0.1, -0.05) is 6.58 Å². The van der Waals surface area contributed by atoms with E-state index < -0.39 is 17.1 Å². The molecule has 0 radical (unpaired) electrons. The van der Waals surface area contributed by atoms with Gasteiger partial charge in [-0.25, -0.2) is 4.79 Å². The summed E-state index contributed by atoms with van der Waals surface area (Å²) in [5.41, 5.74) is 0.987. The number of nitrogens with zero attached hydrogens (tertiary/aromatic N) is 1. The maximum Gasteiger partial charge on any atom is 0.412 e. The van der Waals surface area contributed by atoms with Crippen LogP contribution in [0.3, 0.4) is 0 Å². The van der Waals surface area contributed by atoms with E-state index >= 15 is 0 Å². The number of hydrogen-bond acceptors (Lipinski definition) is 4. The Bertz CT molecular complexity index is 484. The van der Waals surface area contributed by atoms with Crippen molar-refractivity contribution >= 4 is 17.5 Å². The highest BCUT2D eigenvalue weighted by molar-refractivity contribution is 5.88. The minimum Gasteiger partial charge on any atom is -0.437 e. The van der Waals surface area contributed by atoms with Crippen molar-refractivity contribution in [3.63, 3.8) is 0 Å². The number of carbonyl (C=O) groups is 1. The second kappa shape index (κ2) is 3.65. The monoisotopic (exact) mass is 220 g/mol. The van der Waals surface area contributed by atoms with Crippen molar-refractivity contribution in [2.45, 2.75) is 6.10 Å². The Kier molecular flexibility index (Phi) is 2.32. The van der Waals surface area contributed by atoms with Gasteiger partial charge in [-0.15, -0.1) is 0 Å². The quantitative estimate of drug-likeness (QED) is 0.471. The van der Waals surface area contributed by atoms with Crippen molar-refractivity contribution in [3.05, 3.63) is 46.5 Å². The van der Waals surface area contributed by atoms with E-state index in [9.17, 15) is 14.9 Å². The lowest BCUT2D eigenvalue weighted by atomic mass is 10.0. The largest absolute Gasteiger partial charge is 0.437 e. The molecule has 0 saturated carbocycles. The van der Waals surface area contributed by atoms with E-state index in [1.54, 1.807) is 0 Å². The molecule has 1 aromatic carbocycles. The van der Waals surface area contributed by atoms with Gasteiger partial charge in [0.05, 0.1) is 10.6 Å². The molecule has 1 atom stereocenters. The van der Waals surface area contributed by atoms with Crippen LogP contribution in [0.4, 0.5) is 16.2 Å². The number of nitrogens with one attached hydrogen (secondary N) is 1. The molecule has 0 aliphatic carbocycles. The van der Waals surface area contributed by atoms with E-state index in [0.717, 1.165) is 0 Å². The molecule has 6 nitrogen and oxygen atoms in total. The molecule has 0 fully saturated rings. The van der Waals surface area contributed by atoms with Crippen LogP contribution >= 0.6 is 0 Å². The zero-order chi connectivity index (χ0) is 11.7. The SMILES string of the molecule is C=CC1OC(=O)Nc2ccc([N+](=O)[O-])cc21. The van der Waals surface area contributed by atoms with Gasteiger partial charge in [0.15, 0.2) is 0 Å². The van der Waals surface area contributed by atoms with Crippen LogP contribution in [-0.4, -0.2) is 11.0 Å². The highest BCUT2D eigenvalue weighted by Gasteiger charge is 2.25. The first-order valence-corrected chi connectivity index (χ1v) is 4.50. The number of fused-ring (bicyclic) bond motifs is 1. The lowest BCUT2D eigenvalue weighted by Crippen LogP contribution is -2.23. The van der Waals surface area contributed by atoms with Crippen LogP contribution in [0.2, 0.25) is 0 Å². The fraction of sp³-hybridized carbons (Fsp3) is 0.100. The second-order valence-electron chi connectivity index (χ2n) is 3.22. The maximum atomic E-state index is 11.1. The third-order valence-corrected chi connectivity index (χ3v) is 2.24. The van der Waals surface area contributed by atoms with Crippen LogP contribution in [0, 0.1) is 10.1 Å². The molecule has 1 amide bonds. The standard InChI is InChI=1S/C10H8N2O4/c1-2-9-7-5-6(12(14)15)3-4-8(7)11-10(13)16-9/h2-5,9H,1H2,(H,11,13). The number of rotatable bonds is 2.